The lowest BCUT2D eigenvalue weighted by Crippen LogP contribution is -2.50. The van der Waals surface area contributed by atoms with Gasteiger partial charge in [0, 0.05) is 89.9 Å². The number of nitrogens with one attached hydrogen (secondary N) is 2. The third-order valence-corrected chi connectivity index (χ3v) is 10.9. The molecular formula is C40H52N8O10. The van der Waals surface area contributed by atoms with Crippen molar-refractivity contribution in [3.8, 4) is 0 Å². The predicted octanol–water partition coefficient (Wildman–Crippen LogP) is -1.04. The highest BCUT2D eigenvalue weighted by Crippen LogP contribution is 2.22. The Kier molecular flexibility index (Phi) is 14.9. The number of carboxylic acid groups (broad SMARTS) is 2. The van der Waals surface area contributed by atoms with Crippen LogP contribution in [0.25, 0.3) is 0 Å². The van der Waals surface area contributed by atoms with Crippen molar-refractivity contribution in [1.29, 1.82) is 0 Å². The lowest BCUT2D eigenvalue weighted by Gasteiger charge is -2.30. The fourth-order valence-corrected chi connectivity index (χ4v) is 7.63. The van der Waals surface area contributed by atoms with Crippen molar-refractivity contribution in [3.05, 3.63) is 70.8 Å². The van der Waals surface area contributed by atoms with Crippen LogP contribution in [-0.4, -0.2) is 141 Å². The number of nitrogens with two attached hydrogens (primary N) is 2. The van der Waals surface area contributed by atoms with E-state index in [-0.39, 0.29) is 89.6 Å². The number of nitrogens with zero attached hydrogens (tertiary/aromatic N) is 4. The van der Waals surface area contributed by atoms with Crippen molar-refractivity contribution in [2.45, 2.75) is 88.6 Å². The quantitative estimate of drug-likeness (QED) is 0.119. The van der Waals surface area contributed by atoms with Crippen LogP contribution in [0.1, 0.15) is 60.8 Å². The Morgan fingerprint density at radius 3 is 1.26 bits per heavy atom. The van der Waals surface area contributed by atoms with Gasteiger partial charge in [0.05, 0.1) is 13.1 Å². The normalized spacial score (nSPS) is 21.1. The van der Waals surface area contributed by atoms with Gasteiger partial charge in [-0.25, -0.2) is 9.59 Å². The maximum absolute atomic E-state index is 13.1. The first-order chi connectivity index (χ1) is 27.7. The van der Waals surface area contributed by atoms with Gasteiger partial charge in [-0.1, -0.05) is 48.5 Å². The molecule has 8 N–H and O–H groups in total. The maximum atomic E-state index is 13.1. The molecule has 0 spiro atoms. The van der Waals surface area contributed by atoms with Gasteiger partial charge < -0.3 is 51.9 Å². The van der Waals surface area contributed by atoms with Crippen LogP contribution in [0.5, 0.6) is 0 Å². The fraction of sp³-hybridized carbons (Fsp3) is 0.500. The summed E-state index contributed by atoms with van der Waals surface area (Å²) in [5, 5.41) is 25.1. The topological polar surface area (TPSA) is 266 Å². The van der Waals surface area contributed by atoms with Gasteiger partial charge in [0.1, 0.15) is 12.1 Å². The van der Waals surface area contributed by atoms with Gasteiger partial charge in [0.2, 0.25) is 35.4 Å². The van der Waals surface area contributed by atoms with E-state index in [0.29, 0.717) is 25.9 Å². The SMILES string of the molecule is NCc1ccc(CCC(=O)N2CC(NC(=O)CN3CCC(=O)N(CC(=O)NC4CC(C(=O)O)N(C(=O)CCc5ccc(CN)cc5)C4)CCC3=O)CC2C(=O)O)cc1. The number of benzene rings is 2. The third kappa shape index (κ3) is 11.6. The summed E-state index contributed by atoms with van der Waals surface area (Å²) in [6.45, 7) is -0.179. The number of amides is 6. The van der Waals surface area contributed by atoms with E-state index in [9.17, 15) is 48.6 Å². The van der Waals surface area contributed by atoms with Crippen molar-refractivity contribution in [1.82, 2.24) is 30.2 Å². The molecule has 2 aromatic rings. The Morgan fingerprint density at radius 2 is 0.931 bits per heavy atom. The second-order valence-corrected chi connectivity index (χ2v) is 15.0. The van der Waals surface area contributed by atoms with Gasteiger partial charge in [-0.05, 0) is 35.1 Å². The second kappa shape index (κ2) is 20.0. The largest absolute Gasteiger partial charge is 0.480 e. The van der Waals surface area contributed by atoms with E-state index in [4.69, 9.17) is 11.5 Å². The number of carbonyl (C=O) groups is 8. The van der Waals surface area contributed by atoms with Crippen LogP contribution in [0.15, 0.2) is 48.5 Å². The predicted molar refractivity (Wildman–Crippen MR) is 207 cm³/mol. The average Bonchev–Trinajstić information content (AvgIpc) is 3.84. The summed E-state index contributed by atoms with van der Waals surface area (Å²) in [7, 11) is 0. The first kappa shape index (κ1) is 43.2. The van der Waals surface area contributed by atoms with E-state index in [0.717, 1.165) is 22.3 Å². The standard InChI is InChI=1S/C40H52N8O10/c41-19-27-5-1-25(2-6-27)9-11-37(53)47-21-29(17-31(47)39(55)56)43-33(49)23-45-15-13-36(52)46(16-14-35(45)51)24-34(50)44-30-18-32(40(57)58)48(22-30)38(54)12-10-26-3-7-28(20-42)8-4-26/h1-8,29-32H,9-24,41-42H2,(H,43,49)(H,44,50)(H,55,56)(H,57,58). The molecule has 3 aliphatic rings. The molecule has 0 saturated carbocycles. The lowest BCUT2D eigenvalue weighted by molar-refractivity contribution is -0.148. The summed E-state index contributed by atoms with van der Waals surface area (Å²) >= 11 is 0. The first-order valence-electron chi connectivity index (χ1n) is 19.5. The molecule has 312 valence electrons. The number of aliphatic carboxylic acids is 2. The van der Waals surface area contributed by atoms with Gasteiger partial charge >= 0.3 is 11.9 Å². The summed E-state index contributed by atoms with van der Waals surface area (Å²) in [4.78, 5) is 107. The maximum Gasteiger partial charge on any atom is 0.326 e. The van der Waals surface area contributed by atoms with E-state index >= 15 is 0 Å². The number of hydrogen-bond donors (Lipinski definition) is 6. The van der Waals surface area contributed by atoms with Crippen LogP contribution in [0.4, 0.5) is 0 Å². The van der Waals surface area contributed by atoms with Crippen LogP contribution in [0, 0.1) is 0 Å². The summed E-state index contributed by atoms with van der Waals surface area (Å²) < 4.78 is 0. The highest BCUT2D eigenvalue weighted by atomic mass is 16.4. The van der Waals surface area contributed by atoms with Crippen molar-refractivity contribution < 1.29 is 48.6 Å². The van der Waals surface area contributed by atoms with Gasteiger partial charge in [0.25, 0.3) is 0 Å². The summed E-state index contributed by atoms with van der Waals surface area (Å²) in [5.74, 6) is -5.07. The molecule has 3 saturated heterocycles. The number of carboxylic acids is 2. The molecular weight excluding hydrogens is 752 g/mol. The van der Waals surface area contributed by atoms with E-state index < -0.39 is 59.7 Å². The van der Waals surface area contributed by atoms with Crippen LogP contribution in [0.2, 0.25) is 0 Å². The van der Waals surface area contributed by atoms with E-state index in [1.54, 1.807) is 0 Å². The van der Waals surface area contributed by atoms with Crippen LogP contribution in [-0.2, 0) is 64.3 Å². The Hall–Kier alpha value is -5.88. The minimum absolute atomic E-state index is 0.00150. The lowest BCUT2D eigenvalue weighted by atomic mass is 10.1. The number of carbonyl (C=O) groups excluding carboxylic acids is 6. The second-order valence-electron chi connectivity index (χ2n) is 15.0. The zero-order chi connectivity index (χ0) is 41.9. The Balaban J connectivity index is 1.06. The van der Waals surface area contributed by atoms with Crippen molar-refractivity contribution in [2.24, 2.45) is 11.5 Å². The molecule has 18 heteroatoms. The Morgan fingerprint density at radius 1 is 0.586 bits per heavy atom. The van der Waals surface area contributed by atoms with Gasteiger partial charge in [-0.3, -0.25) is 28.8 Å². The molecule has 5 rings (SSSR count). The van der Waals surface area contributed by atoms with E-state index in [1.165, 1.54) is 19.6 Å². The zero-order valence-electron chi connectivity index (χ0n) is 32.3. The number of aryl methyl sites for hydroxylation is 2. The molecule has 58 heavy (non-hydrogen) atoms. The van der Waals surface area contributed by atoms with Crippen molar-refractivity contribution in [2.75, 3.05) is 39.3 Å². The molecule has 18 nitrogen and oxygen atoms in total. The van der Waals surface area contributed by atoms with Crippen molar-refractivity contribution >= 4 is 47.4 Å². The molecule has 3 fully saturated rings. The number of hydrogen-bond acceptors (Lipinski definition) is 10. The molecule has 0 bridgehead atoms. The third-order valence-electron chi connectivity index (χ3n) is 10.9. The van der Waals surface area contributed by atoms with Gasteiger partial charge in [-0.2, -0.15) is 0 Å². The van der Waals surface area contributed by atoms with Crippen LogP contribution < -0.4 is 22.1 Å². The summed E-state index contributed by atoms with van der Waals surface area (Å²) in [5.41, 5.74) is 15.0. The van der Waals surface area contributed by atoms with Gasteiger partial charge in [0.15, 0.2) is 0 Å². The van der Waals surface area contributed by atoms with Gasteiger partial charge in [-0.15, -0.1) is 0 Å². The molecule has 0 radical (unpaired) electrons. The smallest absolute Gasteiger partial charge is 0.326 e. The van der Waals surface area contributed by atoms with Crippen molar-refractivity contribution in [3.63, 3.8) is 0 Å². The molecule has 4 atom stereocenters. The minimum atomic E-state index is -1.19. The van der Waals surface area contributed by atoms with E-state index in [1.807, 2.05) is 48.5 Å². The monoisotopic (exact) mass is 804 g/mol. The molecule has 3 heterocycles. The number of rotatable bonds is 16. The molecule has 2 aromatic carbocycles. The molecule has 3 aliphatic heterocycles. The summed E-state index contributed by atoms with van der Waals surface area (Å²) in [6.07, 6.45) is 0.634. The van der Waals surface area contributed by atoms with Crippen LogP contribution >= 0.6 is 0 Å². The first-order valence-corrected chi connectivity index (χ1v) is 19.5. The molecule has 4 unspecified atom stereocenters. The van der Waals surface area contributed by atoms with Crippen LogP contribution in [0.3, 0.4) is 0 Å². The fourth-order valence-electron chi connectivity index (χ4n) is 7.63. The highest BCUT2D eigenvalue weighted by Gasteiger charge is 2.41. The Labute approximate surface area is 335 Å². The minimum Gasteiger partial charge on any atom is -0.480 e. The Bertz CT molecular complexity index is 1720. The molecule has 0 aliphatic carbocycles. The average molecular weight is 805 g/mol. The van der Waals surface area contributed by atoms with E-state index in [2.05, 4.69) is 10.6 Å². The number of likely N-dealkylation sites (tertiary alicyclic amines) is 2. The molecule has 6 amide bonds. The molecule has 0 aromatic heterocycles. The summed E-state index contributed by atoms with van der Waals surface area (Å²) in [6, 6.07) is 11.4. The highest BCUT2D eigenvalue weighted by molar-refractivity contribution is 5.90. The zero-order valence-corrected chi connectivity index (χ0v) is 32.3.